The molecule has 2 atom stereocenters. The van der Waals surface area contributed by atoms with Crippen LogP contribution in [0, 0.1) is 0 Å². The van der Waals surface area contributed by atoms with Gasteiger partial charge in [0.1, 0.15) is 11.8 Å². The van der Waals surface area contributed by atoms with E-state index in [2.05, 4.69) is 11.8 Å². The molecular weight excluding hydrogens is 242 g/mol. The molecule has 1 aromatic carbocycles. The van der Waals surface area contributed by atoms with Gasteiger partial charge in [0.05, 0.1) is 7.11 Å². The van der Waals surface area contributed by atoms with E-state index in [4.69, 9.17) is 4.74 Å². The number of esters is 1. The summed E-state index contributed by atoms with van der Waals surface area (Å²) in [5, 5.41) is 0. The largest absolute Gasteiger partial charge is 0.468 e. The first-order valence-electron chi connectivity index (χ1n) is 6.53. The van der Waals surface area contributed by atoms with Crippen molar-refractivity contribution < 1.29 is 14.3 Å². The number of hydrogen-bond donors (Lipinski definition) is 0. The summed E-state index contributed by atoms with van der Waals surface area (Å²) in [4.78, 5) is 25.5. The average Bonchev–Trinajstić information content (AvgIpc) is 2.46. The number of methoxy groups -OCH3 is 1. The van der Waals surface area contributed by atoms with Gasteiger partial charge < -0.3 is 4.74 Å². The fourth-order valence-corrected chi connectivity index (χ4v) is 2.59. The van der Waals surface area contributed by atoms with Crippen molar-refractivity contribution in [1.82, 2.24) is 4.90 Å². The summed E-state index contributed by atoms with van der Waals surface area (Å²) in [5.74, 6) is -0.192. The van der Waals surface area contributed by atoms with Gasteiger partial charge in [0.15, 0.2) is 0 Å². The number of carbonyl (C=O) groups excluding carboxylic acids is 2. The summed E-state index contributed by atoms with van der Waals surface area (Å²) in [6.07, 6.45) is 0.758. The Balaban J connectivity index is 2.20. The van der Waals surface area contributed by atoms with Gasteiger partial charge in [-0.3, -0.25) is 14.5 Å². The lowest BCUT2D eigenvalue weighted by Gasteiger charge is -2.37. The van der Waals surface area contributed by atoms with Crippen LogP contribution in [0.15, 0.2) is 30.3 Å². The Morgan fingerprint density at radius 2 is 2.05 bits per heavy atom. The van der Waals surface area contributed by atoms with E-state index in [1.807, 2.05) is 30.3 Å². The van der Waals surface area contributed by atoms with Crippen LogP contribution in [0.25, 0.3) is 0 Å². The van der Waals surface area contributed by atoms with Crippen molar-refractivity contribution >= 4 is 11.8 Å². The van der Waals surface area contributed by atoms with Crippen LogP contribution < -0.4 is 0 Å². The molecule has 0 radical (unpaired) electrons. The predicted octanol–water partition coefficient (Wildman–Crippen LogP) is 1.95. The van der Waals surface area contributed by atoms with Crippen molar-refractivity contribution in [2.75, 3.05) is 13.7 Å². The number of Topliss-reactive ketones (excluding diaryl/α,β-unsaturated/α-hetero) is 1. The van der Waals surface area contributed by atoms with E-state index in [0.717, 1.165) is 5.56 Å². The monoisotopic (exact) mass is 261 g/mol. The van der Waals surface area contributed by atoms with Crippen molar-refractivity contribution in [2.45, 2.75) is 31.8 Å². The molecule has 0 aliphatic carbocycles. The van der Waals surface area contributed by atoms with Crippen LogP contribution in [-0.2, 0) is 14.3 Å². The second kappa shape index (κ2) is 5.97. The van der Waals surface area contributed by atoms with Crippen LogP contribution in [0.2, 0.25) is 0 Å². The number of carbonyl (C=O) groups is 2. The zero-order valence-electron chi connectivity index (χ0n) is 11.3. The zero-order valence-corrected chi connectivity index (χ0v) is 11.3. The maximum absolute atomic E-state index is 11.8. The maximum atomic E-state index is 11.8. The fourth-order valence-electron chi connectivity index (χ4n) is 2.59. The van der Waals surface area contributed by atoms with E-state index >= 15 is 0 Å². The molecule has 0 spiro atoms. The summed E-state index contributed by atoms with van der Waals surface area (Å²) >= 11 is 0. The van der Waals surface area contributed by atoms with Crippen molar-refractivity contribution in [3.63, 3.8) is 0 Å². The molecule has 0 bridgehead atoms. The molecule has 0 amide bonds. The summed E-state index contributed by atoms with van der Waals surface area (Å²) in [6.45, 7) is 2.66. The van der Waals surface area contributed by atoms with E-state index in [1.54, 1.807) is 0 Å². The van der Waals surface area contributed by atoms with Crippen molar-refractivity contribution in [3.8, 4) is 0 Å². The molecule has 2 rings (SSSR count). The second-order valence-corrected chi connectivity index (χ2v) is 4.86. The highest BCUT2D eigenvalue weighted by Crippen LogP contribution is 2.27. The molecule has 1 unspecified atom stereocenters. The molecule has 0 saturated carbocycles. The number of benzene rings is 1. The topological polar surface area (TPSA) is 46.6 Å². The molecule has 1 aromatic rings. The van der Waals surface area contributed by atoms with E-state index in [0.29, 0.717) is 13.0 Å². The van der Waals surface area contributed by atoms with Crippen LogP contribution in [-0.4, -0.2) is 36.3 Å². The van der Waals surface area contributed by atoms with Gasteiger partial charge in [0.25, 0.3) is 0 Å². The minimum Gasteiger partial charge on any atom is -0.468 e. The Labute approximate surface area is 113 Å². The van der Waals surface area contributed by atoms with E-state index in [-0.39, 0.29) is 24.2 Å². The van der Waals surface area contributed by atoms with Gasteiger partial charge >= 0.3 is 5.97 Å². The van der Waals surface area contributed by atoms with Gasteiger partial charge in [-0.25, -0.2) is 0 Å². The van der Waals surface area contributed by atoms with Crippen LogP contribution in [0.4, 0.5) is 0 Å². The standard InChI is InChI=1S/C15H19NO3/c1-11(12-6-4-3-5-7-12)16-9-8-13(17)10-14(16)15(18)19-2/h3-7,11,14H,8-10H2,1-2H3/t11-,14?/m0/s1. The second-order valence-electron chi connectivity index (χ2n) is 4.86. The Morgan fingerprint density at radius 3 is 2.68 bits per heavy atom. The van der Waals surface area contributed by atoms with Gasteiger partial charge in [0, 0.05) is 25.4 Å². The van der Waals surface area contributed by atoms with Crippen LogP contribution >= 0.6 is 0 Å². The normalized spacial score (nSPS) is 22.0. The first-order valence-corrected chi connectivity index (χ1v) is 6.53. The molecule has 102 valence electrons. The minimum atomic E-state index is -0.457. The average molecular weight is 261 g/mol. The maximum Gasteiger partial charge on any atom is 0.323 e. The molecule has 4 heteroatoms. The quantitative estimate of drug-likeness (QED) is 0.780. The summed E-state index contributed by atoms with van der Waals surface area (Å²) < 4.78 is 4.82. The van der Waals surface area contributed by atoms with Gasteiger partial charge in [0.2, 0.25) is 0 Å². The van der Waals surface area contributed by atoms with Crippen LogP contribution in [0.5, 0.6) is 0 Å². The first-order chi connectivity index (χ1) is 9.13. The summed E-state index contributed by atoms with van der Waals surface area (Å²) in [5.41, 5.74) is 1.14. The predicted molar refractivity (Wildman–Crippen MR) is 71.6 cm³/mol. The van der Waals surface area contributed by atoms with Crippen LogP contribution in [0.1, 0.15) is 31.4 Å². The number of ketones is 1. The SMILES string of the molecule is COC(=O)C1CC(=O)CCN1[C@@H](C)c1ccccc1. The number of likely N-dealkylation sites (tertiary alicyclic amines) is 1. The molecule has 1 aliphatic rings. The number of piperidine rings is 1. The third-order valence-electron chi connectivity index (χ3n) is 3.72. The van der Waals surface area contributed by atoms with Crippen molar-refractivity contribution in [2.24, 2.45) is 0 Å². The molecule has 1 saturated heterocycles. The smallest absolute Gasteiger partial charge is 0.323 e. The summed E-state index contributed by atoms with van der Waals surface area (Å²) in [6, 6.07) is 9.64. The lowest BCUT2D eigenvalue weighted by Crippen LogP contribution is -2.48. The van der Waals surface area contributed by atoms with Gasteiger partial charge in [-0.2, -0.15) is 0 Å². The van der Waals surface area contributed by atoms with Gasteiger partial charge in [-0.15, -0.1) is 0 Å². The van der Waals surface area contributed by atoms with Crippen molar-refractivity contribution in [3.05, 3.63) is 35.9 Å². The van der Waals surface area contributed by atoms with Crippen molar-refractivity contribution in [1.29, 1.82) is 0 Å². The molecule has 4 nitrogen and oxygen atoms in total. The Kier molecular flexibility index (Phi) is 4.32. The third kappa shape index (κ3) is 3.01. The zero-order chi connectivity index (χ0) is 13.8. The third-order valence-corrected chi connectivity index (χ3v) is 3.72. The molecule has 1 fully saturated rings. The van der Waals surface area contributed by atoms with E-state index < -0.39 is 6.04 Å². The molecule has 1 aliphatic heterocycles. The highest BCUT2D eigenvalue weighted by atomic mass is 16.5. The van der Waals surface area contributed by atoms with E-state index in [9.17, 15) is 9.59 Å². The fraction of sp³-hybridized carbons (Fsp3) is 0.467. The molecule has 0 aromatic heterocycles. The molecule has 19 heavy (non-hydrogen) atoms. The number of rotatable bonds is 3. The Hall–Kier alpha value is -1.68. The Bertz CT molecular complexity index is 458. The highest BCUT2D eigenvalue weighted by Gasteiger charge is 2.36. The summed E-state index contributed by atoms with van der Waals surface area (Å²) in [7, 11) is 1.37. The van der Waals surface area contributed by atoms with Gasteiger partial charge in [-0.1, -0.05) is 30.3 Å². The number of nitrogens with zero attached hydrogens (tertiary/aromatic N) is 1. The highest BCUT2D eigenvalue weighted by molar-refractivity contribution is 5.87. The molecule has 1 heterocycles. The number of ether oxygens (including phenoxy) is 1. The number of hydrogen-bond acceptors (Lipinski definition) is 4. The Morgan fingerprint density at radius 1 is 1.37 bits per heavy atom. The lowest BCUT2D eigenvalue weighted by molar-refractivity contribution is -0.152. The minimum absolute atomic E-state index is 0.0957. The van der Waals surface area contributed by atoms with E-state index in [1.165, 1.54) is 7.11 Å². The first kappa shape index (κ1) is 13.7. The lowest BCUT2D eigenvalue weighted by atomic mass is 9.96. The van der Waals surface area contributed by atoms with Crippen LogP contribution in [0.3, 0.4) is 0 Å². The molecule has 0 N–H and O–H groups in total. The molecular formula is C15H19NO3. The van der Waals surface area contributed by atoms with Gasteiger partial charge in [-0.05, 0) is 12.5 Å².